The van der Waals surface area contributed by atoms with Gasteiger partial charge in [0.25, 0.3) is 0 Å². The molecule has 0 fully saturated rings. The van der Waals surface area contributed by atoms with Crippen LogP contribution in [0.15, 0.2) is 6.07 Å². The van der Waals surface area contributed by atoms with E-state index in [2.05, 4.69) is 27.5 Å². The lowest BCUT2D eigenvalue weighted by Gasteiger charge is -2.16. The Kier molecular flexibility index (Phi) is 6.52. The first-order chi connectivity index (χ1) is 9.10. The molecule has 0 saturated carbocycles. The van der Waals surface area contributed by atoms with Crippen LogP contribution in [-0.4, -0.2) is 46.0 Å². The molecule has 6 heteroatoms. The van der Waals surface area contributed by atoms with Crippen molar-refractivity contribution in [2.24, 2.45) is 0 Å². The molecule has 0 radical (unpaired) electrons. The van der Waals surface area contributed by atoms with Crippen LogP contribution in [0, 0.1) is 0 Å². The number of aliphatic hydroxyl groups excluding tert-OH is 2. The summed E-state index contributed by atoms with van der Waals surface area (Å²) >= 11 is 0. The van der Waals surface area contributed by atoms with Crippen LogP contribution in [0.5, 0.6) is 0 Å². The molecule has 0 saturated heterocycles. The average Bonchev–Trinajstić information content (AvgIpc) is 2.42. The van der Waals surface area contributed by atoms with Gasteiger partial charge >= 0.3 is 0 Å². The van der Waals surface area contributed by atoms with Crippen molar-refractivity contribution in [3.63, 3.8) is 0 Å². The highest BCUT2D eigenvalue weighted by atomic mass is 16.3. The standard InChI is InChI=1S/C13H24N4O2/c1-4-5-14-11-6-12(15-10(7-18)8-19)17-13(16-11)9(2)3/h6,9-10,18-19H,4-5,7-8H2,1-3H3,(H2,14,15,16,17). The van der Waals surface area contributed by atoms with E-state index in [4.69, 9.17) is 10.2 Å². The highest BCUT2D eigenvalue weighted by Crippen LogP contribution is 2.17. The molecule has 0 aliphatic rings. The largest absolute Gasteiger partial charge is 0.394 e. The van der Waals surface area contributed by atoms with Gasteiger partial charge in [-0.3, -0.25) is 0 Å². The Morgan fingerprint density at radius 1 is 1.16 bits per heavy atom. The predicted molar refractivity (Wildman–Crippen MR) is 76.5 cm³/mol. The fraction of sp³-hybridized carbons (Fsp3) is 0.692. The molecule has 1 aromatic heterocycles. The summed E-state index contributed by atoms with van der Waals surface area (Å²) in [5.74, 6) is 2.33. The van der Waals surface area contributed by atoms with Crippen molar-refractivity contribution in [3.8, 4) is 0 Å². The van der Waals surface area contributed by atoms with Crippen LogP contribution in [0.3, 0.4) is 0 Å². The van der Waals surface area contributed by atoms with Gasteiger partial charge < -0.3 is 20.8 Å². The summed E-state index contributed by atoms with van der Waals surface area (Å²) in [5.41, 5.74) is 0. The van der Waals surface area contributed by atoms with Gasteiger partial charge in [-0.25, -0.2) is 9.97 Å². The summed E-state index contributed by atoms with van der Waals surface area (Å²) in [6.45, 7) is 6.70. The fourth-order valence-electron chi connectivity index (χ4n) is 1.50. The topological polar surface area (TPSA) is 90.3 Å². The molecular weight excluding hydrogens is 244 g/mol. The highest BCUT2D eigenvalue weighted by Gasteiger charge is 2.11. The molecular formula is C13H24N4O2. The SMILES string of the molecule is CCCNc1cc(NC(CO)CO)nc(C(C)C)n1. The Labute approximate surface area is 114 Å². The molecule has 1 heterocycles. The monoisotopic (exact) mass is 268 g/mol. The van der Waals surface area contributed by atoms with E-state index in [-0.39, 0.29) is 19.1 Å². The Morgan fingerprint density at radius 2 is 1.79 bits per heavy atom. The van der Waals surface area contributed by atoms with Gasteiger partial charge in [0.15, 0.2) is 0 Å². The number of hydrogen-bond acceptors (Lipinski definition) is 6. The van der Waals surface area contributed by atoms with E-state index in [1.165, 1.54) is 0 Å². The quantitative estimate of drug-likeness (QED) is 0.566. The maximum atomic E-state index is 9.10. The van der Waals surface area contributed by atoms with Crippen molar-refractivity contribution in [2.45, 2.75) is 39.2 Å². The number of hydrogen-bond donors (Lipinski definition) is 4. The third-order valence-corrected chi connectivity index (χ3v) is 2.61. The van der Waals surface area contributed by atoms with Crippen LogP contribution in [0.25, 0.3) is 0 Å². The maximum absolute atomic E-state index is 9.10. The van der Waals surface area contributed by atoms with Gasteiger partial charge in [-0.15, -0.1) is 0 Å². The predicted octanol–water partition coefficient (Wildman–Crippen LogP) is 1.19. The molecule has 0 spiro atoms. The van der Waals surface area contributed by atoms with Crippen LogP contribution in [-0.2, 0) is 0 Å². The molecule has 1 aromatic rings. The zero-order valence-corrected chi connectivity index (χ0v) is 11.8. The Morgan fingerprint density at radius 3 is 2.32 bits per heavy atom. The summed E-state index contributed by atoms with van der Waals surface area (Å²) in [7, 11) is 0. The maximum Gasteiger partial charge on any atom is 0.135 e. The van der Waals surface area contributed by atoms with Crippen LogP contribution < -0.4 is 10.6 Å². The minimum Gasteiger partial charge on any atom is -0.394 e. The smallest absolute Gasteiger partial charge is 0.135 e. The van der Waals surface area contributed by atoms with Crippen molar-refractivity contribution in [1.29, 1.82) is 0 Å². The second kappa shape index (κ2) is 7.91. The van der Waals surface area contributed by atoms with Gasteiger partial charge in [0.2, 0.25) is 0 Å². The van der Waals surface area contributed by atoms with E-state index >= 15 is 0 Å². The molecule has 0 aliphatic carbocycles. The van der Waals surface area contributed by atoms with E-state index in [0.29, 0.717) is 5.82 Å². The number of aromatic nitrogens is 2. The molecule has 0 aliphatic heterocycles. The van der Waals surface area contributed by atoms with E-state index in [1.54, 1.807) is 6.07 Å². The van der Waals surface area contributed by atoms with Gasteiger partial charge in [0.1, 0.15) is 17.5 Å². The number of anilines is 2. The lowest BCUT2D eigenvalue weighted by atomic mass is 10.2. The molecule has 0 unspecified atom stereocenters. The molecule has 0 aromatic carbocycles. The molecule has 108 valence electrons. The minimum absolute atomic E-state index is 0.144. The Hall–Kier alpha value is -1.40. The Bertz CT molecular complexity index is 381. The summed E-state index contributed by atoms with van der Waals surface area (Å²) < 4.78 is 0. The fourth-order valence-corrected chi connectivity index (χ4v) is 1.50. The van der Waals surface area contributed by atoms with E-state index < -0.39 is 6.04 Å². The van der Waals surface area contributed by atoms with Crippen molar-refractivity contribution >= 4 is 11.6 Å². The highest BCUT2D eigenvalue weighted by molar-refractivity contribution is 5.48. The number of nitrogens with zero attached hydrogens (tertiary/aromatic N) is 2. The second-order valence-corrected chi connectivity index (χ2v) is 4.78. The molecule has 19 heavy (non-hydrogen) atoms. The first-order valence-electron chi connectivity index (χ1n) is 6.71. The van der Waals surface area contributed by atoms with Gasteiger partial charge in [0, 0.05) is 18.5 Å². The average molecular weight is 268 g/mol. The molecule has 4 N–H and O–H groups in total. The van der Waals surface area contributed by atoms with E-state index in [0.717, 1.165) is 24.6 Å². The van der Waals surface area contributed by atoms with Crippen LogP contribution in [0.1, 0.15) is 38.9 Å². The molecule has 0 bridgehead atoms. The molecule has 0 amide bonds. The lowest BCUT2D eigenvalue weighted by molar-refractivity contribution is 0.203. The van der Waals surface area contributed by atoms with Crippen LogP contribution >= 0.6 is 0 Å². The first-order valence-corrected chi connectivity index (χ1v) is 6.71. The van der Waals surface area contributed by atoms with E-state index in [1.807, 2.05) is 13.8 Å². The summed E-state index contributed by atoms with van der Waals surface area (Å²) in [6, 6.07) is 1.38. The minimum atomic E-state index is -0.408. The molecule has 1 rings (SSSR count). The summed E-state index contributed by atoms with van der Waals surface area (Å²) in [5, 5.41) is 24.4. The normalized spacial score (nSPS) is 11.1. The van der Waals surface area contributed by atoms with Crippen LogP contribution in [0.4, 0.5) is 11.6 Å². The first kappa shape index (κ1) is 15.7. The zero-order chi connectivity index (χ0) is 14.3. The van der Waals surface area contributed by atoms with Crippen molar-refractivity contribution in [3.05, 3.63) is 11.9 Å². The summed E-state index contributed by atoms with van der Waals surface area (Å²) in [4.78, 5) is 8.83. The van der Waals surface area contributed by atoms with E-state index in [9.17, 15) is 0 Å². The van der Waals surface area contributed by atoms with Gasteiger partial charge in [-0.2, -0.15) is 0 Å². The van der Waals surface area contributed by atoms with Gasteiger partial charge in [-0.05, 0) is 6.42 Å². The lowest BCUT2D eigenvalue weighted by Crippen LogP contribution is -2.28. The number of aliphatic hydroxyl groups is 2. The zero-order valence-electron chi connectivity index (χ0n) is 11.8. The third kappa shape index (κ3) is 5.00. The molecule has 0 atom stereocenters. The van der Waals surface area contributed by atoms with Gasteiger partial charge in [0.05, 0.1) is 19.3 Å². The molecule has 6 nitrogen and oxygen atoms in total. The third-order valence-electron chi connectivity index (χ3n) is 2.61. The number of nitrogens with one attached hydrogen (secondary N) is 2. The van der Waals surface area contributed by atoms with Crippen LogP contribution in [0.2, 0.25) is 0 Å². The van der Waals surface area contributed by atoms with Crippen molar-refractivity contribution < 1.29 is 10.2 Å². The summed E-state index contributed by atoms with van der Waals surface area (Å²) in [6.07, 6.45) is 1.01. The van der Waals surface area contributed by atoms with Gasteiger partial charge in [-0.1, -0.05) is 20.8 Å². The van der Waals surface area contributed by atoms with Crippen molar-refractivity contribution in [2.75, 3.05) is 30.4 Å². The van der Waals surface area contributed by atoms with Crippen molar-refractivity contribution in [1.82, 2.24) is 9.97 Å². The Balaban J connectivity index is 2.91. The number of rotatable bonds is 8. The second-order valence-electron chi connectivity index (χ2n) is 4.78.